The van der Waals surface area contributed by atoms with E-state index in [1.807, 2.05) is 129 Å². The molecule has 0 saturated carbocycles. The van der Waals surface area contributed by atoms with Crippen LogP contribution in [0, 0.1) is 5.92 Å². The maximum absolute atomic E-state index is 12.8. The maximum atomic E-state index is 12.8. The molecule has 0 aromatic heterocycles. The van der Waals surface area contributed by atoms with E-state index >= 15 is 0 Å². The van der Waals surface area contributed by atoms with E-state index in [1.54, 1.807) is 6.08 Å². The molecule has 0 amide bonds. The molecule has 48 heavy (non-hydrogen) atoms. The summed E-state index contributed by atoms with van der Waals surface area (Å²) >= 11 is 0. The second-order valence-corrected chi connectivity index (χ2v) is 14.7. The van der Waals surface area contributed by atoms with Gasteiger partial charge in [-0.25, -0.2) is 4.79 Å². The lowest BCUT2D eigenvalue weighted by Crippen LogP contribution is -2.32. The Morgan fingerprint density at radius 2 is 1.06 bits per heavy atom. The molecule has 0 heterocycles. The first-order valence-corrected chi connectivity index (χ1v) is 16.9. The molecule has 0 fully saturated rings. The van der Waals surface area contributed by atoms with Gasteiger partial charge in [-0.3, -0.25) is 14.6 Å². The van der Waals surface area contributed by atoms with Crippen molar-refractivity contribution in [3.63, 3.8) is 0 Å². The van der Waals surface area contributed by atoms with Crippen LogP contribution in [0.15, 0.2) is 91.0 Å². The van der Waals surface area contributed by atoms with Crippen LogP contribution in [0.25, 0.3) is 0 Å². The Morgan fingerprint density at radius 3 is 1.48 bits per heavy atom. The van der Waals surface area contributed by atoms with Crippen LogP contribution < -0.4 is 0 Å². The third-order valence-electron chi connectivity index (χ3n) is 6.48. The highest BCUT2D eigenvalue weighted by Crippen LogP contribution is 2.22. The van der Waals surface area contributed by atoms with E-state index < -0.39 is 28.8 Å². The molecule has 2 atom stereocenters. The van der Waals surface area contributed by atoms with Gasteiger partial charge < -0.3 is 14.2 Å². The number of nitrogens with zero attached hydrogens (tertiary/aromatic N) is 1. The summed E-state index contributed by atoms with van der Waals surface area (Å²) in [5.74, 6) is -1.44. The molecule has 264 valence electrons. The summed E-state index contributed by atoms with van der Waals surface area (Å²) in [6, 6.07) is 19.4. The van der Waals surface area contributed by atoms with E-state index in [2.05, 4.69) is 13.2 Å². The number of benzene rings is 2. The molecule has 7 heteroatoms. The predicted octanol–water partition coefficient (Wildman–Crippen LogP) is 9.62. The fraction of sp³-hybridized carbons (Fsp3) is 0.512. The van der Waals surface area contributed by atoms with E-state index in [-0.39, 0.29) is 24.3 Å². The molecule has 2 aromatic carbocycles. The van der Waals surface area contributed by atoms with Crippen LogP contribution in [0.5, 0.6) is 0 Å². The number of hydrogen-bond acceptors (Lipinski definition) is 7. The third-order valence-corrected chi connectivity index (χ3v) is 6.48. The van der Waals surface area contributed by atoms with Crippen LogP contribution in [0.1, 0.15) is 118 Å². The first kappa shape index (κ1) is 42.0. The van der Waals surface area contributed by atoms with Gasteiger partial charge in [-0.05, 0) is 101 Å². The zero-order valence-corrected chi connectivity index (χ0v) is 30.8. The number of unbranched alkanes of at least 4 members (excludes halogenated alkanes) is 2. The lowest BCUT2D eigenvalue weighted by molar-refractivity contribution is -0.167. The zero-order chi connectivity index (χ0) is 36.4. The summed E-state index contributed by atoms with van der Waals surface area (Å²) in [7, 11) is 0. The minimum absolute atomic E-state index is 0.0589. The standard InChI is InChI=1S/C24H29NO2.C17H30O4/c1-5-6-9-18-21(23(26)27-24(2,3)4)25-22(19-14-10-7-11-15-19)20-16-12-8-13-17-20;1-8-9-10-11-13(15(19)21-17(5,6)7)12-14(18)20-16(2,3)4/h5,7-8,10-17,21H,1,6,9,18H2,2-4H3;8,13H,1,9-12H2,2-7H3/t21-;13-/m01/s1. The van der Waals surface area contributed by atoms with Gasteiger partial charge in [-0.1, -0.05) is 72.8 Å². The first-order valence-electron chi connectivity index (χ1n) is 16.9. The number of carbonyl (C=O) groups excluding carboxylic acids is 3. The molecule has 2 rings (SSSR count). The smallest absolute Gasteiger partial charge is 0.331 e. The summed E-state index contributed by atoms with van der Waals surface area (Å²) in [4.78, 5) is 41.8. The van der Waals surface area contributed by atoms with Crippen LogP contribution >= 0.6 is 0 Å². The van der Waals surface area contributed by atoms with Gasteiger partial charge in [0.2, 0.25) is 0 Å². The van der Waals surface area contributed by atoms with E-state index in [4.69, 9.17) is 19.2 Å². The summed E-state index contributed by atoms with van der Waals surface area (Å²) in [6.45, 7) is 24.0. The minimum Gasteiger partial charge on any atom is -0.460 e. The molecular formula is C41H59NO6. The largest absolute Gasteiger partial charge is 0.460 e. The minimum atomic E-state index is -0.554. The van der Waals surface area contributed by atoms with E-state index in [0.717, 1.165) is 42.5 Å². The molecular weight excluding hydrogens is 602 g/mol. The Bertz CT molecular complexity index is 1270. The monoisotopic (exact) mass is 661 g/mol. The number of carbonyl (C=O) groups is 3. The van der Waals surface area contributed by atoms with Crippen molar-refractivity contribution >= 4 is 23.6 Å². The lowest BCUT2D eigenvalue weighted by Gasteiger charge is -2.25. The molecule has 0 aliphatic carbocycles. The van der Waals surface area contributed by atoms with Crippen molar-refractivity contribution in [2.75, 3.05) is 0 Å². The van der Waals surface area contributed by atoms with Crippen molar-refractivity contribution in [2.24, 2.45) is 10.9 Å². The van der Waals surface area contributed by atoms with Crippen molar-refractivity contribution < 1.29 is 28.6 Å². The topological polar surface area (TPSA) is 91.3 Å². The fourth-order valence-electron chi connectivity index (χ4n) is 4.51. The predicted molar refractivity (Wildman–Crippen MR) is 196 cm³/mol. The van der Waals surface area contributed by atoms with Crippen molar-refractivity contribution in [1.29, 1.82) is 0 Å². The van der Waals surface area contributed by atoms with Crippen LogP contribution in [-0.2, 0) is 28.6 Å². The Labute approximate surface area is 289 Å². The molecule has 0 unspecified atom stereocenters. The average Bonchev–Trinajstić information content (AvgIpc) is 2.97. The molecule has 0 aliphatic heterocycles. The second-order valence-electron chi connectivity index (χ2n) is 14.7. The summed E-state index contributed by atoms with van der Waals surface area (Å²) in [5, 5.41) is 0. The normalized spacial score (nSPS) is 12.7. The molecule has 0 radical (unpaired) electrons. The highest BCUT2D eigenvalue weighted by atomic mass is 16.6. The number of ether oxygens (including phenoxy) is 3. The Hall–Kier alpha value is -4.00. The van der Waals surface area contributed by atoms with Gasteiger partial charge in [0.05, 0.1) is 18.1 Å². The number of esters is 3. The van der Waals surface area contributed by atoms with Crippen molar-refractivity contribution in [1.82, 2.24) is 0 Å². The van der Waals surface area contributed by atoms with E-state index in [1.165, 1.54) is 0 Å². The number of rotatable bonds is 15. The second kappa shape index (κ2) is 20.4. The Balaban J connectivity index is 0.000000498. The highest BCUT2D eigenvalue weighted by molar-refractivity contribution is 6.13. The van der Waals surface area contributed by atoms with Gasteiger partial charge >= 0.3 is 17.9 Å². The van der Waals surface area contributed by atoms with Crippen molar-refractivity contribution in [2.45, 2.75) is 130 Å². The highest BCUT2D eigenvalue weighted by Gasteiger charge is 2.29. The summed E-state index contributed by atoms with van der Waals surface area (Å²) < 4.78 is 16.3. The van der Waals surface area contributed by atoms with E-state index in [9.17, 15) is 14.4 Å². The molecule has 0 saturated heterocycles. The number of hydrogen-bond donors (Lipinski definition) is 0. The molecule has 0 N–H and O–H groups in total. The average molecular weight is 662 g/mol. The lowest BCUT2D eigenvalue weighted by atomic mass is 9.98. The Morgan fingerprint density at radius 1 is 0.646 bits per heavy atom. The van der Waals surface area contributed by atoms with Crippen LogP contribution in [0.4, 0.5) is 0 Å². The van der Waals surface area contributed by atoms with Gasteiger partial charge in [-0.15, -0.1) is 13.2 Å². The van der Waals surface area contributed by atoms with Crippen molar-refractivity contribution in [3.8, 4) is 0 Å². The van der Waals surface area contributed by atoms with Gasteiger partial charge in [0.15, 0.2) is 0 Å². The quantitative estimate of drug-likeness (QED) is 0.0621. The van der Waals surface area contributed by atoms with Gasteiger partial charge in [0.1, 0.15) is 22.8 Å². The maximum Gasteiger partial charge on any atom is 0.331 e. The van der Waals surface area contributed by atoms with Crippen LogP contribution in [0.3, 0.4) is 0 Å². The molecule has 2 aromatic rings. The Kier molecular flexibility index (Phi) is 17.8. The molecule has 7 nitrogen and oxygen atoms in total. The fourth-order valence-corrected chi connectivity index (χ4v) is 4.51. The first-order chi connectivity index (χ1) is 22.3. The van der Waals surface area contributed by atoms with Gasteiger partial charge in [0, 0.05) is 11.1 Å². The SMILES string of the molecule is C=CCCC[C@H](CC(=O)OC(C)(C)C)C(=O)OC(C)(C)C.C=CCCC[C@H](N=C(c1ccccc1)c1ccccc1)C(=O)OC(C)(C)C. The number of aliphatic imine (C=N–C) groups is 1. The van der Waals surface area contributed by atoms with Gasteiger partial charge in [-0.2, -0.15) is 0 Å². The van der Waals surface area contributed by atoms with Crippen LogP contribution in [0.2, 0.25) is 0 Å². The molecule has 0 bridgehead atoms. The third kappa shape index (κ3) is 19.0. The van der Waals surface area contributed by atoms with Crippen LogP contribution in [-0.4, -0.2) is 46.5 Å². The summed E-state index contributed by atoms with van der Waals surface area (Å²) in [5.41, 5.74) is 1.15. The van der Waals surface area contributed by atoms with Gasteiger partial charge in [0.25, 0.3) is 0 Å². The summed E-state index contributed by atoms with van der Waals surface area (Å²) in [6.07, 6.45) is 8.26. The number of allylic oxidation sites excluding steroid dienone is 2. The van der Waals surface area contributed by atoms with E-state index in [0.29, 0.717) is 12.8 Å². The van der Waals surface area contributed by atoms with Crippen molar-refractivity contribution in [3.05, 3.63) is 97.1 Å². The molecule has 0 spiro atoms. The zero-order valence-electron chi connectivity index (χ0n) is 30.8. The molecule has 0 aliphatic rings.